The van der Waals surface area contributed by atoms with Crippen LogP contribution in [0.4, 0.5) is 0 Å². The van der Waals surface area contributed by atoms with Gasteiger partial charge in [-0.25, -0.2) is 0 Å². The Morgan fingerprint density at radius 1 is 1.25 bits per heavy atom. The van der Waals surface area contributed by atoms with Gasteiger partial charge in [-0.1, -0.05) is 37.1 Å². The quantitative estimate of drug-likeness (QED) is 0.873. The minimum Gasteiger partial charge on any atom is -0.389 e. The highest BCUT2D eigenvalue weighted by molar-refractivity contribution is 5.77. The van der Waals surface area contributed by atoms with E-state index in [1.54, 1.807) is 0 Å². The van der Waals surface area contributed by atoms with Gasteiger partial charge in [-0.3, -0.25) is 9.69 Å². The fourth-order valence-corrected chi connectivity index (χ4v) is 4.01. The summed E-state index contributed by atoms with van der Waals surface area (Å²) in [6.45, 7) is 6.94. The van der Waals surface area contributed by atoms with Crippen molar-refractivity contribution in [3.05, 3.63) is 35.4 Å². The molecule has 1 aliphatic heterocycles. The Bertz CT molecular complexity index is 591. The van der Waals surface area contributed by atoms with Crippen LogP contribution in [0.15, 0.2) is 24.3 Å². The van der Waals surface area contributed by atoms with Gasteiger partial charge in [0, 0.05) is 25.2 Å². The zero-order chi connectivity index (χ0) is 17.2. The van der Waals surface area contributed by atoms with Gasteiger partial charge in [-0.2, -0.15) is 0 Å². The van der Waals surface area contributed by atoms with Gasteiger partial charge in [0.1, 0.15) is 0 Å². The molecule has 0 aromatic heterocycles. The molecule has 2 N–H and O–H groups in total. The van der Waals surface area contributed by atoms with E-state index in [1.165, 1.54) is 11.1 Å². The Morgan fingerprint density at radius 2 is 1.92 bits per heavy atom. The molecule has 132 valence electrons. The van der Waals surface area contributed by atoms with Gasteiger partial charge in [0.2, 0.25) is 5.91 Å². The number of amides is 1. The Kier molecular flexibility index (Phi) is 4.97. The van der Waals surface area contributed by atoms with Crippen LogP contribution in [0.1, 0.15) is 57.1 Å². The second-order valence-electron chi connectivity index (χ2n) is 8.14. The summed E-state index contributed by atoms with van der Waals surface area (Å²) in [7, 11) is 0. The number of benzene rings is 1. The third-order valence-corrected chi connectivity index (χ3v) is 5.73. The molecule has 1 saturated carbocycles. The fourth-order valence-electron chi connectivity index (χ4n) is 4.01. The molecule has 1 amide bonds. The Labute approximate surface area is 145 Å². The van der Waals surface area contributed by atoms with Gasteiger partial charge in [0.25, 0.3) is 0 Å². The smallest absolute Gasteiger partial charge is 0.222 e. The van der Waals surface area contributed by atoms with Crippen molar-refractivity contribution >= 4 is 5.91 Å². The molecule has 0 unspecified atom stereocenters. The normalized spacial score (nSPS) is 20.6. The highest BCUT2D eigenvalue weighted by atomic mass is 16.3. The van der Waals surface area contributed by atoms with Crippen LogP contribution in [-0.4, -0.2) is 40.1 Å². The maximum atomic E-state index is 12.2. The van der Waals surface area contributed by atoms with E-state index in [0.717, 1.165) is 45.2 Å². The summed E-state index contributed by atoms with van der Waals surface area (Å²) in [6.07, 6.45) is 4.88. The van der Waals surface area contributed by atoms with Crippen LogP contribution in [-0.2, 0) is 17.8 Å². The van der Waals surface area contributed by atoms with E-state index in [-0.39, 0.29) is 17.9 Å². The lowest BCUT2D eigenvalue weighted by Crippen LogP contribution is -2.53. The number of hydrogen-bond donors (Lipinski definition) is 2. The molecular weight excluding hydrogens is 300 g/mol. The number of aliphatic hydroxyl groups is 1. The molecule has 3 rings (SSSR count). The van der Waals surface area contributed by atoms with Crippen LogP contribution in [0, 0.1) is 0 Å². The highest BCUT2D eigenvalue weighted by Crippen LogP contribution is 2.32. The van der Waals surface area contributed by atoms with E-state index < -0.39 is 5.60 Å². The minimum atomic E-state index is -0.766. The predicted molar refractivity (Wildman–Crippen MR) is 95.7 cm³/mol. The van der Waals surface area contributed by atoms with Crippen LogP contribution >= 0.6 is 0 Å². The molecule has 0 bridgehead atoms. The molecule has 4 nitrogen and oxygen atoms in total. The number of nitrogens with one attached hydrogen (secondary N) is 1. The molecule has 0 radical (unpaired) electrons. The van der Waals surface area contributed by atoms with E-state index in [2.05, 4.69) is 48.3 Å². The summed E-state index contributed by atoms with van der Waals surface area (Å²) in [5.41, 5.74) is 1.97. The molecule has 0 spiro atoms. The molecule has 0 atom stereocenters. The second-order valence-corrected chi connectivity index (χ2v) is 8.14. The molecule has 0 saturated heterocycles. The van der Waals surface area contributed by atoms with Crippen molar-refractivity contribution in [1.82, 2.24) is 10.2 Å². The summed E-state index contributed by atoms with van der Waals surface area (Å²) in [6, 6.07) is 8.61. The van der Waals surface area contributed by atoms with Crippen LogP contribution in [0.2, 0.25) is 0 Å². The Morgan fingerprint density at radius 3 is 2.62 bits per heavy atom. The summed E-state index contributed by atoms with van der Waals surface area (Å²) < 4.78 is 0. The van der Waals surface area contributed by atoms with E-state index in [0.29, 0.717) is 6.54 Å². The van der Waals surface area contributed by atoms with Gasteiger partial charge in [0.15, 0.2) is 0 Å². The summed E-state index contributed by atoms with van der Waals surface area (Å²) in [4.78, 5) is 14.7. The number of carbonyl (C=O) groups is 1. The van der Waals surface area contributed by atoms with E-state index >= 15 is 0 Å². The SMILES string of the molecule is CC(C)(CNC(=O)CC1(O)CCCC1)N1CCc2ccccc2C1. The average molecular weight is 330 g/mol. The molecule has 1 aliphatic carbocycles. The monoisotopic (exact) mass is 330 g/mol. The van der Waals surface area contributed by atoms with Gasteiger partial charge in [-0.05, 0) is 44.2 Å². The first-order chi connectivity index (χ1) is 11.4. The third kappa shape index (κ3) is 3.98. The first-order valence-electron chi connectivity index (χ1n) is 9.19. The molecule has 1 aromatic rings. The van der Waals surface area contributed by atoms with Gasteiger partial charge >= 0.3 is 0 Å². The van der Waals surface area contributed by atoms with Crippen molar-refractivity contribution in [3.8, 4) is 0 Å². The molecule has 1 heterocycles. The fraction of sp³-hybridized carbons (Fsp3) is 0.650. The summed E-state index contributed by atoms with van der Waals surface area (Å²) in [5, 5.41) is 13.4. The summed E-state index contributed by atoms with van der Waals surface area (Å²) in [5.74, 6) is -0.0233. The van der Waals surface area contributed by atoms with Crippen LogP contribution in [0.3, 0.4) is 0 Å². The lowest BCUT2D eigenvalue weighted by molar-refractivity contribution is -0.126. The van der Waals surface area contributed by atoms with Crippen molar-refractivity contribution in [1.29, 1.82) is 0 Å². The van der Waals surface area contributed by atoms with Gasteiger partial charge < -0.3 is 10.4 Å². The third-order valence-electron chi connectivity index (χ3n) is 5.73. The minimum absolute atomic E-state index is 0.0233. The maximum absolute atomic E-state index is 12.2. The van der Waals surface area contributed by atoms with E-state index in [4.69, 9.17) is 0 Å². The first-order valence-corrected chi connectivity index (χ1v) is 9.19. The van der Waals surface area contributed by atoms with Crippen molar-refractivity contribution in [2.45, 2.75) is 70.1 Å². The Hall–Kier alpha value is -1.39. The molecule has 2 aliphatic rings. The molecule has 24 heavy (non-hydrogen) atoms. The molecular formula is C20H30N2O2. The van der Waals surface area contributed by atoms with Crippen LogP contribution < -0.4 is 5.32 Å². The number of fused-ring (bicyclic) bond motifs is 1. The lowest BCUT2D eigenvalue weighted by Gasteiger charge is -2.41. The Balaban J connectivity index is 1.53. The van der Waals surface area contributed by atoms with E-state index in [9.17, 15) is 9.90 Å². The first kappa shape index (κ1) is 17.4. The number of hydrogen-bond acceptors (Lipinski definition) is 3. The topological polar surface area (TPSA) is 52.6 Å². The molecule has 1 fully saturated rings. The standard InChI is InChI=1S/C20H30N2O2/c1-19(2,15-21-18(23)13-20(24)10-5-6-11-20)22-12-9-16-7-3-4-8-17(16)14-22/h3-4,7-8,24H,5-6,9-15H2,1-2H3,(H,21,23). The van der Waals surface area contributed by atoms with Crippen LogP contribution in [0.5, 0.6) is 0 Å². The number of rotatable bonds is 5. The zero-order valence-corrected chi connectivity index (χ0v) is 15.0. The molecule has 1 aromatic carbocycles. The second kappa shape index (κ2) is 6.85. The van der Waals surface area contributed by atoms with E-state index in [1.807, 2.05) is 0 Å². The average Bonchev–Trinajstić information content (AvgIpc) is 2.98. The van der Waals surface area contributed by atoms with Crippen molar-refractivity contribution in [2.24, 2.45) is 0 Å². The summed E-state index contributed by atoms with van der Waals surface area (Å²) >= 11 is 0. The predicted octanol–water partition coefficient (Wildman–Crippen LogP) is 2.63. The van der Waals surface area contributed by atoms with Gasteiger partial charge in [-0.15, -0.1) is 0 Å². The highest BCUT2D eigenvalue weighted by Gasteiger charge is 2.35. The van der Waals surface area contributed by atoms with Crippen molar-refractivity contribution < 1.29 is 9.90 Å². The zero-order valence-electron chi connectivity index (χ0n) is 15.0. The lowest BCUT2D eigenvalue weighted by atomic mass is 9.93. The van der Waals surface area contributed by atoms with Crippen LogP contribution in [0.25, 0.3) is 0 Å². The van der Waals surface area contributed by atoms with Crippen molar-refractivity contribution in [2.75, 3.05) is 13.1 Å². The number of nitrogens with zero attached hydrogens (tertiary/aromatic N) is 1. The number of carbonyl (C=O) groups excluding carboxylic acids is 1. The molecule has 4 heteroatoms. The largest absolute Gasteiger partial charge is 0.389 e. The maximum Gasteiger partial charge on any atom is 0.222 e. The van der Waals surface area contributed by atoms with Crippen molar-refractivity contribution in [3.63, 3.8) is 0 Å². The van der Waals surface area contributed by atoms with Gasteiger partial charge in [0.05, 0.1) is 12.0 Å².